The van der Waals surface area contributed by atoms with E-state index in [0.717, 1.165) is 12.7 Å². The van der Waals surface area contributed by atoms with E-state index in [0.29, 0.717) is 19.6 Å². The fourth-order valence-corrected chi connectivity index (χ4v) is 1.45. The molecule has 0 spiro atoms. The average molecular weight is 218 g/mol. The van der Waals surface area contributed by atoms with Crippen LogP contribution in [0, 0.1) is 5.92 Å². The lowest BCUT2D eigenvalue weighted by Crippen LogP contribution is -2.03. The highest BCUT2D eigenvalue weighted by Gasteiger charge is 2.02. The number of benzene rings is 1. The van der Waals surface area contributed by atoms with Crippen LogP contribution >= 0.6 is 0 Å². The summed E-state index contributed by atoms with van der Waals surface area (Å²) in [7, 11) is 0. The van der Waals surface area contributed by atoms with Gasteiger partial charge in [-0.2, -0.15) is 0 Å². The fourth-order valence-electron chi connectivity index (χ4n) is 1.45. The number of rotatable bonds is 8. The van der Waals surface area contributed by atoms with Gasteiger partial charge in [-0.25, -0.2) is 0 Å². The number of hydrogen-bond donors (Lipinski definition) is 0. The molecule has 1 atom stereocenters. The van der Waals surface area contributed by atoms with Gasteiger partial charge >= 0.3 is 0 Å². The first-order valence-electron chi connectivity index (χ1n) is 5.54. The summed E-state index contributed by atoms with van der Waals surface area (Å²) in [5.41, 5.74) is 1.17. The van der Waals surface area contributed by atoms with Crippen molar-refractivity contribution in [2.75, 3.05) is 6.61 Å². The van der Waals surface area contributed by atoms with E-state index in [1.807, 2.05) is 36.4 Å². The van der Waals surface area contributed by atoms with Gasteiger partial charge in [0.05, 0.1) is 6.61 Å². The topological polar surface area (TPSA) is 26.3 Å². The number of carbonyl (C=O) groups is 1. The summed E-state index contributed by atoms with van der Waals surface area (Å²) >= 11 is 0. The Morgan fingerprint density at radius 1 is 1.31 bits per heavy atom. The molecule has 1 aromatic rings. The Hall–Kier alpha value is -1.41. The molecular weight excluding hydrogens is 200 g/mol. The van der Waals surface area contributed by atoms with Gasteiger partial charge in [0.1, 0.15) is 6.29 Å². The van der Waals surface area contributed by atoms with Gasteiger partial charge in [0, 0.05) is 13.0 Å². The third kappa shape index (κ3) is 4.89. The van der Waals surface area contributed by atoms with Crippen molar-refractivity contribution in [3.63, 3.8) is 0 Å². The van der Waals surface area contributed by atoms with E-state index in [2.05, 4.69) is 6.58 Å². The van der Waals surface area contributed by atoms with Crippen LogP contribution in [0.15, 0.2) is 43.0 Å². The molecule has 0 unspecified atom stereocenters. The molecule has 0 radical (unpaired) electrons. The van der Waals surface area contributed by atoms with E-state index in [4.69, 9.17) is 4.74 Å². The van der Waals surface area contributed by atoms with Crippen molar-refractivity contribution in [3.8, 4) is 0 Å². The van der Waals surface area contributed by atoms with Crippen molar-refractivity contribution >= 4 is 6.29 Å². The molecule has 2 heteroatoms. The maximum Gasteiger partial charge on any atom is 0.120 e. The van der Waals surface area contributed by atoms with Gasteiger partial charge in [-0.1, -0.05) is 36.4 Å². The molecule has 0 aromatic heterocycles. The molecule has 0 aliphatic heterocycles. The van der Waals surface area contributed by atoms with Gasteiger partial charge in [-0.15, -0.1) is 6.58 Å². The lowest BCUT2D eigenvalue weighted by Gasteiger charge is -2.09. The first-order valence-corrected chi connectivity index (χ1v) is 5.54. The second kappa shape index (κ2) is 7.83. The Morgan fingerprint density at radius 3 is 2.69 bits per heavy atom. The van der Waals surface area contributed by atoms with Gasteiger partial charge in [0.2, 0.25) is 0 Å². The molecule has 0 saturated heterocycles. The number of carbonyl (C=O) groups excluding carboxylic acids is 1. The molecule has 0 N–H and O–H groups in total. The van der Waals surface area contributed by atoms with Gasteiger partial charge < -0.3 is 9.53 Å². The number of hydrogen-bond acceptors (Lipinski definition) is 2. The van der Waals surface area contributed by atoms with Crippen LogP contribution in [0.4, 0.5) is 0 Å². The summed E-state index contributed by atoms with van der Waals surface area (Å²) in [6, 6.07) is 10.1. The van der Waals surface area contributed by atoms with Crippen LogP contribution in [0.2, 0.25) is 0 Å². The standard InChI is InChI=1S/C14H18O2/c1-2-13(8-10-15)9-11-16-12-14-6-4-3-5-7-14/h2-7,10,13H,1,8-9,11-12H2/t13-/m0/s1. The van der Waals surface area contributed by atoms with Crippen molar-refractivity contribution in [3.05, 3.63) is 48.6 Å². The largest absolute Gasteiger partial charge is 0.377 e. The molecule has 0 aliphatic rings. The van der Waals surface area contributed by atoms with Crippen LogP contribution < -0.4 is 0 Å². The zero-order valence-electron chi connectivity index (χ0n) is 9.47. The third-order valence-corrected chi connectivity index (χ3v) is 2.48. The minimum atomic E-state index is 0.244. The van der Waals surface area contributed by atoms with Crippen molar-refractivity contribution in [1.82, 2.24) is 0 Å². The van der Waals surface area contributed by atoms with Crippen LogP contribution in [0.25, 0.3) is 0 Å². The predicted octanol–water partition coefficient (Wildman–Crippen LogP) is 2.98. The van der Waals surface area contributed by atoms with Crippen LogP contribution in [0.1, 0.15) is 18.4 Å². The third-order valence-electron chi connectivity index (χ3n) is 2.48. The SMILES string of the molecule is C=C[C@@H](CC=O)CCOCc1ccccc1. The van der Waals surface area contributed by atoms with Crippen molar-refractivity contribution < 1.29 is 9.53 Å². The first kappa shape index (κ1) is 12.7. The summed E-state index contributed by atoms with van der Waals surface area (Å²) in [6.07, 6.45) is 4.15. The predicted molar refractivity (Wildman–Crippen MR) is 65.1 cm³/mol. The van der Waals surface area contributed by atoms with E-state index in [1.54, 1.807) is 0 Å². The summed E-state index contributed by atoms with van der Waals surface area (Å²) in [5.74, 6) is 0.244. The zero-order valence-corrected chi connectivity index (χ0v) is 9.47. The lowest BCUT2D eigenvalue weighted by atomic mass is 10.0. The maximum absolute atomic E-state index is 10.3. The molecule has 0 heterocycles. The monoisotopic (exact) mass is 218 g/mol. The number of aldehydes is 1. The summed E-state index contributed by atoms with van der Waals surface area (Å²) < 4.78 is 5.53. The van der Waals surface area contributed by atoms with Gasteiger partial charge in [-0.05, 0) is 17.9 Å². The van der Waals surface area contributed by atoms with Crippen LogP contribution in [0.5, 0.6) is 0 Å². The number of ether oxygens (including phenoxy) is 1. The lowest BCUT2D eigenvalue weighted by molar-refractivity contribution is -0.108. The van der Waals surface area contributed by atoms with E-state index in [9.17, 15) is 4.79 Å². The fraction of sp³-hybridized carbons (Fsp3) is 0.357. The average Bonchev–Trinajstić information content (AvgIpc) is 2.34. The molecule has 0 fully saturated rings. The maximum atomic E-state index is 10.3. The Morgan fingerprint density at radius 2 is 2.06 bits per heavy atom. The molecule has 86 valence electrons. The molecule has 0 amide bonds. The van der Waals surface area contributed by atoms with Gasteiger partial charge in [0.15, 0.2) is 0 Å². The first-order chi connectivity index (χ1) is 7.86. The van der Waals surface area contributed by atoms with Crippen molar-refractivity contribution in [2.45, 2.75) is 19.4 Å². The van der Waals surface area contributed by atoms with Gasteiger partial charge in [-0.3, -0.25) is 0 Å². The molecule has 0 bridgehead atoms. The van der Waals surface area contributed by atoms with E-state index in [-0.39, 0.29) is 5.92 Å². The zero-order chi connectivity index (χ0) is 11.6. The van der Waals surface area contributed by atoms with Crippen molar-refractivity contribution in [1.29, 1.82) is 0 Å². The highest BCUT2D eigenvalue weighted by atomic mass is 16.5. The molecule has 1 rings (SSSR count). The second-order valence-corrected chi connectivity index (χ2v) is 3.73. The molecular formula is C14H18O2. The van der Waals surface area contributed by atoms with Crippen LogP contribution in [0.3, 0.4) is 0 Å². The Bertz CT molecular complexity index is 306. The van der Waals surface area contributed by atoms with E-state index in [1.165, 1.54) is 5.56 Å². The molecule has 0 aliphatic carbocycles. The summed E-state index contributed by atoms with van der Waals surface area (Å²) in [6.45, 7) is 5.00. The Balaban J connectivity index is 2.16. The molecule has 0 saturated carbocycles. The molecule has 2 nitrogen and oxygen atoms in total. The highest BCUT2D eigenvalue weighted by molar-refractivity contribution is 5.50. The van der Waals surface area contributed by atoms with Gasteiger partial charge in [0.25, 0.3) is 0 Å². The normalized spacial score (nSPS) is 12.0. The van der Waals surface area contributed by atoms with Crippen molar-refractivity contribution in [2.24, 2.45) is 5.92 Å². The smallest absolute Gasteiger partial charge is 0.120 e. The van der Waals surface area contributed by atoms with E-state index >= 15 is 0 Å². The minimum Gasteiger partial charge on any atom is -0.377 e. The Labute approximate surface area is 96.9 Å². The Kier molecular flexibility index (Phi) is 6.19. The second-order valence-electron chi connectivity index (χ2n) is 3.73. The summed E-state index contributed by atoms with van der Waals surface area (Å²) in [5, 5.41) is 0. The van der Waals surface area contributed by atoms with E-state index < -0.39 is 0 Å². The van der Waals surface area contributed by atoms with Crippen LogP contribution in [-0.4, -0.2) is 12.9 Å². The van der Waals surface area contributed by atoms with Crippen LogP contribution in [-0.2, 0) is 16.1 Å². The number of allylic oxidation sites excluding steroid dienone is 1. The quantitative estimate of drug-likeness (QED) is 0.381. The molecule has 16 heavy (non-hydrogen) atoms. The molecule has 1 aromatic carbocycles. The minimum absolute atomic E-state index is 0.244. The summed E-state index contributed by atoms with van der Waals surface area (Å²) in [4.78, 5) is 10.3. The highest BCUT2D eigenvalue weighted by Crippen LogP contribution is 2.09.